The van der Waals surface area contributed by atoms with E-state index in [1.165, 1.54) is 0 Å². The van der Waals surface area contributed by atoms with Gasteiger partial charge in [0.25, 0.3) is 9.84 Å². The number of hydrogen-bond donors (Lipinski definition) is 1. The summed E-state index contributed by atoms with van der Waals surface area (Å²) in [6.45, 7) is -1.81. The molecule has 0 saturated carbocycles. The Bertz CT molecular complexity index is 819. The molecule has 132 valence electrons. The lowest BCUT2D eigenvalue weighted by molar-refractivity contribution is -0.682. The lowest BCUT2D eigenvalue weighted by atomic mass is 10.4. The van der Waals surface area contributed by atoms with E-state index in [0.717, 1.165) is 18.3 Å². The van der Waals surface area contributed by atoms with Crippen LogP contribution in [0.4, 0.5) is 30.7 Å². The zero-order chi connectivity index (χ0) is 18.3. The average molecular weight is 390 g/mol. The molecule has 0 bridgehead atoms. The van der Waals surface area contributed by atoms with Crippen molar-refractivity contribution in [2.75, 3.05) is 0 Å². The molecule has 0 fully saturated rings. The van der Waals surface area contributed by atoms with Gasteiger partial charge in [-0.15, -0.1) is 0 Å². The van der Waals surface area contributed by atoms with Crippen LogP contribution < -0.4 is 4.57 Å². The van der Waals surface area contributed by atoms with E-state index in [1.54, 1.807) is 0 Å². The molecule has 0 aliphatic heterocycles. The minimum Gasteiger partial charge on any atom is -0.306 e. The molecule has 1 N–H and O–H groups in total. The molecule has 1 aromatic rings. The first-order chi connectivity index (χ1) is 10.1. The van der Waals surface area contributed by atoms with Gasteiger partial charge in [0.05, 0.1) is 0 Å². The van der Waals surface area contributed by atoms with Gasteiger partial charge in [-0.3, -0.25) is 0 Å². The Hall–Kier alpha value is -1.41. The second kappa shape index (κ2) is 5.90. The maximum absolute atomic E-state index is 12.9. The molecule has 14 heteroatoms. The number of hydrogen-bond acceptors (Lipinski definition) is 3. The van der Waals surface area contributed by atoms with Gasteiger partial charge < -0.3 is 4.55 Å². The van der Waals surface area contributed by atoms with E-state index < -0.39 is 47.2 Å². The predicted octanol–water partition coefficient (Wildman–Crippen LogP) is 1.45. The second-order valence-corrected chi connectivity index (χ2v) is 8.22. The summed E-state index contributed by atoms with van der Waals surface area (Å²) in [7, 11) is -13.3. The van der Waals surface area contributed by atoms with Gasteiger partial charge in [0.2, 0.25) is 20.2 Å². The van der Waals surface area contributed by atoms with Crippen molar-refractivity contribution in [1.82, 2.24) is 0 Å². The van der Waals surface area contributed by atoms with Crippen molar-refractivity contribution in [2.24, 2.45) is 0 Å². The van der Waals surface area contributed by atoms with E-state index in [-0.39, 0.29) is 4.57 Å². The molecule has 1 aromatic heterocycles. The number of nitrogens with zero attached hydrogens (tertiary/aromatic N) is 1. The van der Waals surface area contributed by atoms with E-state index >= 15 is 0 Å². The van der Waals surface area contributed by atoms with Gasteiger partial charge in [0.1, 0.15) is 0 Å². The molecule has 5 nitrogen and oxygen atoms in total. The second-order valence-electron chi connectivity index (χ2n) is 3.99. The average Bonchev–Trinajstić information content (AvgIpc) is 2.32. The summed E-state index contributed by atoms with van der Waals surface area (Å²) in [5.74, 6) is -1.12. The fourth-order valence-corrected chi connectivity index (χ4v) is 4.23. The lowest BCUT2D eigenvalue weighted by Gasteiger charge is -2.15. The Morgan fingerprint density at radius 1 is 1.09 bits per heavy atom. The number of alkyl halides is 6. The molecule has 0 spiro atoms. The molecule has 1 heterocycles. The van der Waals surface area contributed by atoms with Crippen LogP contribution in [-0.2, 0) is 26.2 Å². The van der Waals surface area contributed by atoms with E-state index in [1.807, 2.05) is 0 Å². The quantitative estimate of drug-likeness (QED) is 0.471. The highest BCUT2D eigenvalue weighted by Crippen LogP contribution is 2.31. The standard InChI is InChI=1S/C9H6F7NO4S2/c10-6-2-1-3-17(4-6)5-7(22(18,19)8(11,12)13)23(20,21)9(14,15)16/h1-4H,5H2/p+1. The van der Waals surface area contributed by atoms with E-state index in [2.05, 4.69) is 0 Å². The van der Waals surface area contributed by atoms with Crippen molar-refractivity contribution in [3.8, 4) is 0 Å². The van der Waals surface area contributed by atoms with Crippen molar-refractivity contribution >= 4 is 23.8 Å². The van der Waals surface area contributed by atoms with Crippen molar-refractivity contribution in [1.29, 1.82) is 0 Å². The smallest absolute Gasteiger partial charge is 0.306 e. The zero-order valence-corrected chi connectivity index (χ0v) is 12.2. The fraction of sp³-hybridized carbons (Fsp3) is 0.333. The number of aromatic nitrogens is 1. The Labute approximate surface area is 125 Å². The third-order valence-corrected chi connectivity index (χ3v) is 6.41. The van der Waals surface area contributed by atoms with Gasteiger partial charge in [0, 0.05) is 6.07 Å². The summed E-state index contributed by atoms with van der Waals surface area (Å²) in [6.07, 6.45) is 1.08. The van der Waals surface area contributed by atoms with Crippen molar-refractivity contribution in [2.45, 2.75) is 17.6 Å². The van der Waals surface area contributed by atoms with E-state index in [0.29, 0.717) is 6.20 Å². The van der Waals surface area contributed by atoms with Gasteiger partial charge in [-0.05, 0) is 6.07 Å². The van der Waals surface area contributed by atoms with Crippen LogP contribution in [0.25, 0.3) is 0 Å². The summed E-state index contributed by atoms with van der Waals surface area (Å²) in [5, 5.41) is 0. The topological polar surface area (TPSA) is 75.3 Å². The molecule has 23 heavy (non-hydrogen) atoms. The van der Waals surface area contributed by atoms with Crippen LogP contribution in [0.5, 0.6) is 0 Å². The summed E-state index contributed by atoms with van der Waals surface area (Å²) in [5.41, 5.74) is -12.4. The van der Waals surface area contributed by atoms with Crippen LogP contribution in [0.1, 0.15) is 0 Å². The molecular formula is C9H7F7NO4S2+. The maximum atomic E-state index is 12.9. The molecule has 0 radical (unpaired) electrons. The van der Waals surface area contributed by atoms with Crippen LogP contribution in [0, 0.1) is 5.82 Å². The SMILES string of the molecule is O=S(=O)(C(C[n+]1cccc(F)c1)=S(=O)(O)C(F)(F)F)C(F)(F)F. The van der Waals surface area contributed by atoms with Gasteiger partial charge >= 0.3 is 11.0 Å². The maximum Gasteiger partial charge on any atom is 0.502 e. The minimum atomic E-state index is -6.76. The van der Waals surface area contributed by atoms with Crippen LogP contribution in [-0.4, -0.2) is 32.4 Å². The monoisotopic (exact) mass is 390 g/mol. The molecule has 0 aromatic carbocycles. The number of pyridine rings is 1. The Kier molecular flexibility index (Phi) is 5.04. The van der Waals surface area contributed by atoms with Gasteiger partial charge in [-0.25, -0.2) is 17.0 Å². The first-order valence-corrected chi connectivity index (χ1v) is 8.25. The lowest BCUT2D eigenvalue weighted by Crippen LogP contribution is -2.48. The van der Waals surface area contributed by atoms with Gasteiger partial charge in [0.15, 0.2) is 18.6 Å². The Morgan fingerprint density at radius 2 is 1.61 bits per heavy atom. The number of sulfone groups is 1. The third kappa shape index (κ3) is 3.92. The Morgan fingerprint density at radius 3 is 2.00 bits per heavy atom. The molecule has 0 aliphatic carbocycles. The number of rotatable bonds is 2. The summed E-state index contributed by atoms with van der Waals surface area (Å²) in [6, 6.07) is 1.62. The van der Waals surface area contributed by atoms with E-state index in [9.17, 15) is 43.4 Å². The van der Waals surface area contributed by atoms with Gasteiger partial charge in [-0.1, -0.05) is 0 Å². The Balaban J connectivity index is 3.73. The molecule has 0 aliphatic rings. The van der Waals surface area contributed by atoms with Crippen LogP contribution in [0.3, 0.4) is 0 Å². The summed E-state index contributed by atoms with van der Waals surface area (Å²) < 4.78 is 128. The van der Waals surface area contributed by atoms with Crippen molar-refractivity contribution < 1.29 is 52.5 Å². The van der Waals surface area contributed by atoms with Crippen molar-refractivity contribution in [3.05, 3.63) is 30.3 Å². The minimum absolute atomic E-state index is 0.259. The first-order valence-electron chi connectivity index (χ1n) is 5.25. The van der Waals surface area contributed by atoms with Crippen LogP contribution in [0.2, 0.25) is 0 Å². The molecular weight excluding hydrogens is 383 g/mol. The van der Waals surface area contributed by atoms with Gasteiger partial charge in [-0.2, -0.15) is 30.9 Å². The largest absolute Gasteiger partial charge is 0.502 e. The zero-order valence-electron chi connectivity index (χ0n) is 10.6. The highest BCUT2D eigenvalue weighted by atomic mass is 32.3. The molecule has 1 rings (SSSR count). The first kappa shape index (κ1) is 19.6. The number of halogens is 7. The molecule has 0 saturated heterocycles. The molecule has 1 unspecified atom stereocenters. The normalized spacial score (nSPS) is 16.0. The fourth-order valence-electron chi connectivity index (χ4n) is 1.32. The van der Waals surface area contributed by atoms with Crippen LogP contribution >= 0.6 is 0 Å². The van der Waals surface area contributed by atoms with E-state index in [4.69, 9.17) is 4.55 Å². The highest BCUT2D eigenvalue weighted by molar-refractivity contribution is 8.22. The van der Waals surface area contributed by atoms with Crippen molar-refractivity contribution in [3.63, 3.8) is 0 Å². The summed E-state index contributed by atoms with van der Waals surface area (Å²) in [4.78, 5) is 0. The molecule has 0 amide bonds. The third-order valence-electron chi connectivity index (χ3n) is 2.36. The predicted molar refractivity (Wildman–Crippen MR) is 63.4 cm³/mol. The molecule has 1 atom stereocenters. The van der Waals surface area contributed by atoms with Crippen LogP contribution in [0.15, 0.2) is 24.5 Å². The summed E-state index contributed by atoms with van der Waals surface area (Å²) >= 11 is 0. The highest BCUT2D eigenvalue weighted by Gasteiger charge is 2.56.